The second kappa shape index (κ2) is 39.2. The van der Waals surface area contributed by atoms with Gasteiger partial charge in [0.15, 0.2) is 6.10 Å². The first kappa shape index (κ1) is 54.8. The van der Waals surface area contributed by atoms with Crippen molar-refractivity contribution in [2.24, 2.45) is 0 Å². The Balaban J connectivity index is 4.29. The number of nitrogens with zero attached hydrogens (tertiary/aromatic N) is 1. The summed E-state index contributed by atoms with van der Waals surface area (Å²) in [5.74, 6) is -0.796. The first-order chi connectivity index (χ1) is 27.0. The van der Waals surface area contributed by atoms with Gasteiger partial charge in [-0.2, -0.15) is 0 Å². The molecule has 0 aliphatic rings. The van der Waals surface area contributed by atoms with Gasteiger partial charge in [-0.05, 0) is 38.5 Å². The molecule has 0 fully saturated rings. The van der Waals surface area contributed by atoms with Crippen LogP contribution in [0.5, 0.6) is 0 Å². The van der Waals surface area contributed by atoms with E-state index in [1.807, 2.05) is 21.1 Å². The van der Waals surface area contributed by atoms with E-state index in [1.54, 1.807) is 0 Å². The minimum Gasteiger partial charge on any atom is -0.462 e. The fourth-order valence-electron chi connectivity index (χ4n) is 6.60. The van der Waals surface area contributed by atoms with Crippen LogP contribution in [0.4, 0.5) is 0 Å². The van der Waals surface area contributed by atoms with E-state index in [2.05, 4.69) is 26.0 Å². The molecular formula is C46H91NO8P+. The van der Waals surface area contributed by atoms with Crippen LogP contribution in [0.2, 0.25) is 0 Å². The Morgan fingerprint density at radius 1 is 0.536 bits per heavy atom. The third-order valence-electron chi connectivity index (χ3n) is 10.3. The molecule has 0 aromatic rings. The van der Waals surface area contributed by atoms with Crippen molar-refractivity contribution in [2.75, 3.05) is 47.5 Å². The van der Waals surface area contributed by atoms with Crippen LogP contribution < -0.4 is 0 Å². The third kappa shape index (κ3) is 42.4. The molecule has 2 atom stereocenters. The quantitative estimate of drug-likeness (QED) is 0.0213. The van der Waals surface area contributed by atoms with Crippen molar-refractivity contribution < 1.29 is 42.1 Å². The van der Waals surface area contributed by atoms with Crippen LogP contribution in [-0.4, -0.2) is 74.9 Å². The van der Waals surface area contributed by atoms with Crippen LogP contribution in [0.25, 0.3) is 0 Å². The van der Waals surface area contributed by atoms with Gasteiger partial charge in [-0.1, -0.05) is 180 Å². The summed E-state index contributed by atoms with van der Waals surface area (Å²) in [5, 5.41) is 0. The summed E-state index contributed by atoms with van der Waals surface area (Å²) in [6.45, 7) is 4.44. The molecule has 0 radical (unpaired) electrons. The number of carbonyl (C=O) groups is 2. The van der Waals surface area contributed by atoms with Crippen LogP contribution >= 0.6 is 7.82 Å². The Labute approximate surface area is 346 Å². The van der Waals surface area contributed by atoms with Crippen LogP contribution in [0.3, 0.4) is 0 Å². The molecule has 2 unspecified atom stereocenters. The lowest BCUT2D eigenvalue weighted by Crippen LogP contribution is -2.37. The van der Waals surface area contributed by atoms with Gasteiger partial charge in [0.1, 0.15) is 19.8 Å². The molecular weight excluding hydrogens is 725 g/mol. The number of rotatable bonds is 43. The lowest BCUT2D eigenvalue weighted by molar-refractivity contribution is -0.870. The van der Waals surface area contributed by atoms with E-state index in [0.717, 1.165) is 51.4 Å². The van der Waals surface area contributed by atoms with Crippen LogP contribution in [0.1, 0.15) is 219 Å². The van der Waals surface area contributed by atoms with Crippen molar-refractivity contribution in [1.82, 2.24) is 0 Å². The summed E-state index contributed by atoms with van der Waals surface area (Å²) >= 11 is 0. The van der Waals surface area contributed by atoms with Crippen molar-refractivity contribution in [2.45, 2.75) is 225 Å². The first-order valence-electron chi connectivity index (χ1n) is 23.4. The maximum absolute atomic E-state index is 12.7. The number of allylic oxidation sites excluding steroid dienone is 2. The van der Waals surface area contributed by atoms with Crippen molar-refractivity contribution in [3.8, 4) is 0 Å². The molecule has 0 aromatic carbocycles. The zero-order chi connectivity index (χ0) is 41.4. The second-order valence-electron chi connectivity index (χ2n) is 17.1. The van der Waals surface area contributed by atoms with Gasteiger partial charge in [0.05, 0.1) is 27.7 Å². The van der Waals surface area contributed by atoms with E-state index in [9.17, 15) is 19.0 Å². The molecule has 0 aliphatic heterocycles. The molecule has 0 spiro atoms. The number of unbranched alkanes of at least 4 members (excludes halogenated alkanes) is 27. The molecule has 0 rings (SSSR count). The molecule has 56 heavy (non-hydrogen) atoms. The van der Waals surface area contributed by atoms with E-state index in [-0.39, 0.29) is 25.6 Å². The van der Waals surface area contributed by atoms with Gasteiger partial charge in [-0.15, -0.1) is 0 Å². The highest BCUT2D eigenvalue weighted by molar-refractivity contribution is 7.47. The summed E-state index contributed by atoms with van der Waals surface area (Å²) in [4.78, 5) is 35.4. The Kier molecular flexibility index (Phi) is 38.3. The number of phosphoric acid groups is 1. The molecule has 0 bridgehead atoms. The standard InChI is InChI=1S/C46H90NO8P/c1-6-8-10-12-14-16-18-20-22-23-25-26-28-30-32-34-36-38-45(48)52-42-44(43-54-56(50,51)53-41-40-47(3,4)5)55-46(49)39-37-35-33-31-29-27-24-21-19-17-15-13-11-9-7-2/h21,24,44H,6-20,22-23,25-43H2,1-5H3/p+1/b24-21-. The van der Waals surface area contributed by atoms with Gasteiger partial charge in [0, 0.05) is 12.8 Å². The van der Waals surface area contributed by atoms with Gasteiger partial charge in [0.25, 0.3) is 0 Å². The van der Waals surface area contributed by atoms with E-state index < -0.39 is 26.5 Å². The summed E-state index contributed by atoms with van der Waals surface area (Å²) < 4.78 is 34.4. The minimum absolute atomic E-state index is 0.0333. The average molecular weight is 817 g/mol. The van der Waals surface area contributed by atoms with Crippen molar-refractivity contribution in [3.05, 3.63) is 12.2 Å². The lowest BCUT2D eigenvalue weighted by Gasteiger charge is -2.24. The molecule has 10 heteroatoms. The fourth-order valence-corrected chi connectivity index (χ4v) is 7.34. The predicted molar refractivity (Wildman–Crippen MR) is 234 cm³/mol. The topological polar surface area (TPSA) is 108 Å². The van der Waals surface area contributed by atoms with E-state index >= 15 is 0 Å². The predicted octanol–water partition coefficient (Wildman–Crippen LogP) is 13.4. The Morgan fingerprint density at radius 3 is 1.32 bits per heavy atom. The largest absolute Gasteiger partial charge is 0.472 e. The second-order valence-corrected chi connectivity index (χ2v) is 18.6. The number of likely N-dealkylation sites (N-methyl/N-ethyl adjacent to an activating group) is 1. The summed E-state index contributed by atoms with van der Waals surface area (Å²) in [6.07, 6.45) is 41.1. The van der Waals surface area contributed by atoms with E-state index in [1.165, 1.54) is 135 Å². The highest BCUT2D eigenvalue weighted by atomic mass is 31.2. The fraction of sp³-hybridized carbons (Fsp3) is 0.913. The molecule has 332 valence electrons. The summed E-state index contributed by atoms with van der Waals surface area (Å²) in [5.41, 5.74) is 0. The smallest absolute Gasteiger partial charge is 0.462 e. The SMILES string of the molecule is CCCCCCCC/C=C\CCCCCCCC(=O)OC(COC(=O)CCCCCCCCCCCCCCCCCCC)COP(=O)(O)OCC[N+](C)(C)C. The average Bonchev–Trinajstić information content (AvgIpc) is 3.15. The number of ether oxygens (including phenoxy) is 2. The number of hydrogen-bond donors (Lipinski definition) is 1. The van der Waals surface area contributed by atoms with Gasteiger partial charge in [-0.25, -0.2) is 4.57 Å². The van der Waals surface area contributed by atoms with Crippen molar-refractivity contribution >= 4 is 19.8 Å². The van der Waals surface area contributed by atoms with Gasteiger partial charge in [-0.3, -0.25) is 18.6 Å². The highest BCUT2D eigenvalue weighted by Gasteiger charge is 2.27. The maximum atomic E-state index is 12.7. The molecule has 1 N–H and O–H groups in total. The van der Waals surface area contributed by atoms with Crippen molar-refractivity contribution in [1.29, 1.82) is 0 Å². The molecule has 0 amide bonds. The summed E-state index contributed by atoms with van der Waals surface area (Å²) in [6, 6.07) is 0. The number of phosphoric ester groups is 1. The van der Waals surface area contributed by atoms with Crippen LogP contribution in [-0.2, 0) is 32.7 Å². The van der Waals surface area contributed by atoms with E-state index in [0.29, 0.717) is 23.9 Å². The van der Waals surface area contributed by atoms with Gasteiger partial charge >= 0.3 is 19.8 Å². The normalized spacial score (nSPS) is 13.6. The van der Waals surface area contributed by atoms with Gasteiger partial charge < -0.3 is 18.9 Å². The molecule has 0 saturated heterocycles. The third-order valence-corrected chi connectivity index (χ3v) is 11.3. The van der Waals surface area contributed by atoms with Gasteiger partial charge in [0.2, 0.25) is 0 Å². The zero-order valence-corrected chi connectivity index (χ0v) is 38.3. The first-order valence-corrected chi connectivity index (χ1v) is 24.9. The minimum atomic E-state index is -4.37. The van der Waals surface area contributed by atoms with Crippen LogP contribution in [0, 0.1) is 0 Å². The van der Waals surface area contributed by atoms with E-state index in [4.69, 9.17) is 18.5 Å². The Morgan fingerprint density at radius 2 is 0.911 bits per heavy atom. The molecule has 0 saturated carbocycles. The number of carbonyl (C=O) groups excluding carboxylic acids is 2. The zero-order valence-electron chi connectivity index (χ0n) is 37.4. The molecule has 0 aromatic heterocycles. The number of quaternary nitrogens is 1. The highest BCUT2D eigenvalue weighted by Crippen LogP contribution is 2.43. The molecule has 0 aliphatic carbocycles. The van der Waals surface area contributed by atoms with Crippen LogP contribution in [0.15, 0.2) is 12.2 Å². The van der Waals surface area contributed by atoms with Crippen molar-refractivity contribution in [3.63, 3.8) is 0 Å². The lowest BCUT2D eigenvalue weighted by atomic mass is 10.0. The Bertz CT molecular complexity index is 969. The number of esters is 2. The number of hydrogen-bond acceptors (Lipinski definition) is 7. The maximum Gasteiger partial charge on any atom is 0.472 e. The molecule has 9 nitrogen and oxygen atoms in total. The molecule has 0 heterocycles. The monoisotopic (exact) mass is 817 g/mol. The summed E-state index contributed by atoms with van der Waals surface area (Å²) in [7, 11) is 1.48. The Hall–Kier alpha value is -1.25.